The molecule has 3 rings (SSSR count). The van der Waals surface area contributed by atoms with Gasteiger partial charge in [0.15, 0.2) is 0 Å². The molecule has 0 unspecified atom stereocenters. The van der Waals surface area contributed by atoms with E-state index in [9.17, 15) is 24.5 Å². The average Bonchev–Trinajstić information content (AvgIpc) is 2.80. The van der Waals surface area contributed by atoms with Gasteiger partial charge in [0.05, 0.1) is 16.1 Å². The van der Waals surface area contributed by atoms with Gasteiger partial charge in [-0.2, -0.15) is 5.01 Å². The zero-order valence-electron chi connectivity index (χ0n) is 12.5. The Morgan fingerprint density at radius 2 is 1.67 bits per heavy atom. The van der Waals surface area contributed by atoms with Crippen molar-refractivity contribution in [3.63, 3.8) is 0 Å². The second-order valence-electron chi connectivity index (χ2n) is 5.19. The minimum absolute atomic E-state index is 0.106. The Bertz CT molecular complexity index is 871. The Hall–Kier alpha value is -3.55. The molecule has 0 aliphatic carbocycles. The van der Waals surface area contributed by atoms with E-state index in [1.165, 1.54) is 37.3 Å². The SMILES string of the molecule is Cc1cc(C(=O)NN2C(=O)c3ccccc3C2=O)ccc1[N+](=O)[O-]. The molecule has 0 aromatic heterocycles. The molecule has 0 spiro atoms. The highest BCUT2D eigenvalue weighted by atomic mass is 16.6. The Balaban J connectivity index is 1.84. The molecule has 8 nitrogen and oxygen atoms in total. The number of aryl methyl sites for hydroxylation is 1. The monoisotopic (exact) mass is 325 g/mol. The van der Waals surface area contributed by atoms with Crippen molar-refractivity contribution in [3.8, 4) is 0 Å². The van der Waals surface area contributed by atoms with Crippen LogP contribution >= 0.6 is 0 Å². The summed E-state index contributed by atoms with van der Waals surface area (Å²) in [5.41, 5.74) is 2.95. The van der Waals surface area contributed by atoms with Crippen LogP contribution in [0.1, 0.15) is 36.6 Å². The van der Waals surface area contributed by atoms with Gasteiger partial charge < -0.3 is 0 Å². The lowest BCUT2D eigenvalue weighted by atomic mass is 10.1. The summed E-state index contributed by atoms with van der Waals surface area (Å²) in [5.74, 6) is -1.95. The van der Waals surface area contributed by atoms with Gasteiger partial charge in [0, 0.05) is 17.2 Å². The first-order valence-corrected chi connectivity index (χ1v) is 6.94. The van der Waals surface area contributed by atoms with Crippen molar-refractivity contribution in [2.24, 2.45) is 0 Å². The molecule has 0 saturated heterocycles. The van der Waals surface area contributed by atoms with Crippen LogP contribution in [0.2, 0.25) is 0 Å². The van der Waals surface area contributed by atoms with Crippen LogP contribution in [0.4, 0.5) is 5.69 Å². The number of carbonyl (C=O) groups excluding carboxylic acids is 3. The van der Waals surface area contributed by atoms with E-state index in [1.807, 2.05) is 0 Å². The van der Waals surface area contributed by atoms with E-state index >= 15 is 0 Å². The lowest BCUT2D eigenvalue weighted by Crippen LogP contribution is -2.45. The number of imide groups is 1. The maximum Gasteiger partial charge on any atom is 0.280 e. The van der Waals surface area contributed by atoms with Crippen LogP contribution in [0.3, 0.4) is 0 Å². The van der Waals surface area contributed by atoms with Gasteiger partial charge >= 0.3 is 0 Å². The molecule has 1 aliphatic rings. The number of rotatable bonds is 3. The van der Waals surface area contributed by atoms with Crippen molar-refractivity contribution >= 4 is 23.4 Å². The molecule has 24 heavy (non-hydrogen) atoms. The molecule has 120 valence electrons. The van der Waals surface area contributed by atoms with Gasteiger partial charge in [0.25, 0.3) is 23.4 Å². The lowest BCUT2D eigenvalue weighted by Gasteiger charge is -2.15. The first kappa shape index (κ1) is 15.3. The predicted molar refractivity (Wildman–Crippen MR) is 82.2 cm³/mol. The molecule has 3 amide bonds. The zero-order chi connectivity index (χ0) is 17.4. The third-order valence-electron chi connectivity index (χ3n) is 3.66. The zero-order valence-corrected chi connectivity index (χ0v) is 12.5. The van der Waals surface area contributed by atoms with Gasteiger partial charge in [-0.15, -0.1) is 0 Å². The van der Waals surface area contributed by atoms with Crippen LogP contribution < -0.4 is 5.43 Å². The van der Waals surface area contributed by atoms with Crippen LogP contribution in [0, 0.1) is 17.0 Å². The predicted octanol–water partition coefficient (Wildman–Crippen LogP) is 1.84. The highest BCUT2D eigenvalue weighted by molar-refractivity contribution is 6.22. The summed E-state index contributed by atoms with van der Waals surface area (Å²) in [7, 11) is 0. The third-order valence-corrected chi connectivity index (χ3v) is 3.66. The molecular weight excluding hydrogens is 314 g/mol. The smallest absolute Gasteiger partial charge is 0.267 e. The van der Waals surface area contributed by atoms with Gasteiger partial charge in [0.1, 0.15) is 0 Å². The van der Waals surface area contributed by atoms with Crippen LogP contribution in [0.15, 0.2) is 42.5 Å². The lowest BCUT2D eigenvalue weighted by molar-refractivity contribution is -0.385. The number of amides is 3. The van der Waals surface area contributed by atoms with Crippen molar-refractivity contribution in [3.05, 3.63) is 74.8 Å². The molecule has 0 radical (unpaired) electrons. The number of nitro benzene ring substituents is 1. The number of benzene rings is 2. The van der Waals surface area contributed by atoms with Crippen molar-refractivity contribution in [1.82, 2.24) is 10.4 Å². The summed E-state index contributed by atoms with van der Waals surface area (Å²) >= 11 is 0. The standard InChI is InChI=1S/C16H11N3O5/c1-9-8-10(6-7-13(9)19(23)24)14(20)17-18-15(21)11-4-2-3-5-12(11)16(18)22/h2-8H,1H3,(H,17,20). The highest BCUT2D eigenvalue weighted by Gasteiger charge is 2.36. The van der Waals surface area contributed by atoms with E-state index < -0.39 is 22.6 Å². The molecule has 1 aliphatic heterocycles. The Kier molecular flexibility index (Phi) is 3.57. The second-order valence-corrected chi connectivity index (χ2v) is 5.19. The molecule has 0 saturated carbocycles. The van der Waals surface area contributed by atoms with Crippen molar-refractivity contribution in [2.75, 3.05) is 0 Å². The van der Waals surface area contributed by atoms with Gasteiger partial charge in [-0.05, 0) is 31.2 Å². The fourth-order valence-electron chi connectivity index (χ4n) is 2.46. The van der Waals surface area contributed by atoms with E-state index in [-0.39, 0.29) is 22.4 Å². The second kappa shape index (κ2) is 5.58. The van der Waals surface area contributed by atoms with E-state index in [0.717, 1.165) is 0 Å². The van der Waals surface area contributed by atoms with Crippen LogP contribution in [0.5, 0.6) is 0 Å². The van der Waals surface area contributed by atoms with Crippen molar-refractivity contribution < 1.29 is 19.3 Å². The molecule has 2 aromatic rings. The third kappa shape index (κ3) is 2.39. The fraction of sp³-hybridized carbons (Fsp3) is 0.0625. The summed E-state index contributed by atoms with van der Waals surface area (Å²) in [4.78, 5) is 46.9. The van der Waals surface area contributed by atoms with Gasteiger partial charge in [-0.25, -0.2) is 0 Å². The Morgan fingerprint density at radius 1 is 1.08 bits per heavy atom. The normalized spacial score (nSPS) is 13.0. The van der Waals surface area contributed by atoms with E-state index in [0.29, 0.717) is 10.6 Å². The molecule has 8 heteroatoms. The summed E-state index contributed by atoms with van der Waals surface area (Å²) in [6.07, 6.45) is 0. The summed E-state index contributed by atoms with van der Waals surface area (Å²) in [6, 6.07) is 10.0. The number of nitrogens with one attached hydrogen (secondary N) is 1. The van der Waals surface area contributed by atoms with Crippen LogP contribution in [-0.4, -0.2) is 27.7 Å². The van der Waals surface area contributed by atoms with Gasteiger partial charge in [-0.3, -0.25) is 29.9 Å². The number of carbonyl (C=O) groups is 3. The highest BCUT2D eigenvalue weighted by Crippen LogP contribution is 2.22. The van der Waals surface area contributed by atoms with Crippen LogP contribution in [0.25, 0.3) is 0 Å². The summed E-state index contributed by atoms with van der Waals surface area (Å²) < 4.78 is 0. The van der Waals surface area contributed by atoms with E-state index in [4.69, 9.17) is 0 Å². The average molecular weight is 325 g/mol. The quantitative estimate of drug-likeness (QED) is 0.526. The summed E-state index contributed by atoms with van der Waals surface area (Å²) in [5, 5.41) is 11.4. The maximum atomic E-state index is 12.2. The molecular formula is C16H11N3O5. The molecule has 1 heterocycles. The number of hydrazine groups is 1. The largest absolute Gasteiger partial charge is 0.280 e. The number of hydrogen-bond acceptors (Lipinski definition) is 5. The number of hydrogen-bond donors (Lipinski definition) is 1. The topological polar surface area (TPSA) is 110 Å². The Morgan fingerprint density at radius 3 is 2.17 bits per heavy atom. The van der Waals surface area contributed by atoms with E-state index in [1.54, 1.807) is 12.1 Å². The number of nitrogens with zero attached hydrogens (tertiary/aromatic N) is 2. The van der Waals surface area contributed by atoms with E-state index in [2.05, 4.69) is 5.43 Å². The first-order chi connectivity index (χ1) is 11.4. The fourth-order valence-corrected chi connectivity index (χ4v) is 2.46. The summed E-state index contributed by atoms with van der Waals surface area (Å²) in [6.45, 7) is 1.50. The minimum Gasteiger partial charge on any atom is -0.267 e. The molecule has 0 atom stereocenters. The molecule has 1 N–H and O–H groups in total. The van der Waals surface area contributed by atoms with Gasteiger partial charge in [0.2, 0.25) is 0 Å². The molecule has 0 bridgehead atoms. The maximum absolute atomic E-state index is 12.2. The Labute approximate surface area is 135 Å². The van der Waals surface area contributed by atoms with Crippen LogP contribution in [-0.2, 0) is 0 Å². The van der Waals surface area contributed by atoms with Crippen molar-refractivity contribution in [2.45, 2.75) is 6.92 Å². The van der Waals surface area contributed by atoms with Crippen molar-refractivity contribution in [1.29, 1.82) is 0 Å². The number of nitro groups is 1. The minimum atomic E-state index is -0.706. The number of fused-ring (bicyclic) bond motifs is 1. The molecule has 2 aromatic carbocycles. The first-order valence-electron chi connectivity index (χ1n) is 6.94. The molecule has 0 fully saturated rings. The van der Waals surface area contributed by atoms with Gasteiger partial charge in [-0.1, -0.05) is 12.1 Å².